The highest BCUT2D eigenvalue weighted by molar-refractivity contribution is 7.10. The summed E-state index contributed by atoms with van der Waals surface area (Å²) in [5, 5.41) is 4.10. The van der Waals surface area contributed by atoms with Crippen LogP contribution in [0.1, 0.15) is 35.9 Å². The summed E-state index contributed by atoms with van der Waals surface area (Å²) in [5.41, 5.74) is 7.92. The van der Waals surface area contributed by atoms with Gasteiger partial charge in [0.1, 0.15) is 6.04 Å². The fraction of sp³-hybridized carbons (Fsp3) is 0.312. The van der Waals surface area contributed by atoms with Gasteiger partial charge in [-0.05, 0) is 30.4 Å². The Kier molecular flexibility index (Phi) is 4.93. The van der Waals surface area contributed by atoms with E-state index in [1.54, 1.807) is 11.3 Å². The molecule has 0 radical (unpaired) electrons. The van der Waals surface area contributed by atoms with Crippen molar-refractivity contribution in [3.8, 4) is 0 Å². The summed E-state index contributed by atoms with van der Waals surface area (Å²) < 4.78 is 0. The van der Waals surface area contributed by atoms with Crippen LogP contribution in [-0.4, -0.2) is 11.9 Å². The Morgan fingerprint density at radius 3 is 2.50 bits per heavy atom. The number of benzene rings is 1. The first kappa shape index (κ1) is 14.8. The smallest absolute Gasteiger partial charge is 0.275 e. The molecule has 0 aliphatic rings. The third-order valence-corrected chi connectivity index (χ3v) is 4.48. The molecule has 106 valence electrons. The van der Waals surface area contributed by atoms with Crippen molar-refractivity contribution in [1.82, 2.24) is 0 Å². The van der Waals surface area contributed by atoms with E-state index in [0.29, 0.717) is 0 Å². The highest BCUT2D eigenvalue weighted by atomic mass is 32.1. The standard InChI is InChI=1S/C16H20N2OS/c1-3-12-6-8-13(9-7-12)15(14-5-4-10-20-14)18-11(2)16(17)19/h4-11,15,18H,3H2,1-2H3,(H2,17,19)/p+1/t11-,15-/m1/s1. The molecule has 4 heteroatoms. The van der Waals surface area contributed by atoms with Crippen LogP contribution in [0.2, 0.25) is 0 Å². The molecular formula is C16H21N2OS+. The molecule has 1 heterocycles. The van der Waals surface area contributed by atoms with Crippen molar-refractivity contribution in [3.05, 3.63) is 57.8 Å². The molecule has 0 aliphatic carbocycles. The molecule has 0 spiro atoms. The minimum absolute atomic E-state index is 0.128. The van der Waals surface area contributed by atoms with Crippen molar-refractivity contribution < 1.29 is 10.1 Å². The van der Waals surface area contributed by atoms with Crippen LogP contribution < -0.4 is 11.1 Å². The number of carbonyl (C=O) groups excluding carboxylic acids is 1. The zero-order chi connectivity index (χ0) is 14.5. The summed E-state index contributed by atoms with van der Waals surface area (Å²) >= 11 is 1.71. The van der Waals surface area contributed by atoms with Gasteiger partial charge in [0.25, 0.3) is 5.91 Å². The summed E-state index contributed by atoms with van der Waals surface area (Å²) in [7, 11) is 0. The molecule has 20 heavy (non-hydrogen) atoms. The lowest BCUT2D eigenvalue weighted by Gasteiger charge is -2.18. The highest BCUT2D eigenvalue weighted by Crippen LogP contribution is 2.23. The fourth-order valence-corrected chi connectivity index (χ4v) is 3.02. The molecule has 3 nitrogen and oxygen atoms in total. The van der Waals surface area contributed by atoms with E-state index in [0.717, 1.165) is 6.42 Å². The Morgan fingerprint density at radius 1 is 1.30 bits per heavy atom. The van der Waals surface area contributed by atoms with E-state index in [1.807, 2.05) is 18.3 Å². The van der Waals surface area contributed by atoms with Gasteiger partial charge in [-0.15, -0.1) is 11.3 Å². The van der Waals surface area contributed by atoms with Gasteiger partial charge in [-0.25, -0.2) is 0 Å². The Morgan fingerprint density at radius 2 is 2.00 bits per heavy atom. The number of hydrogen-bond acceptors (Lipinski definition) is 2. The van der Waals surface area contributed by atoms with Crippen LogP contribution in [0.4, 0.5) is 0 Å². The van der Waals surface area contributed by atoms with E-state index in [1.165, 1.54) is 16.0 Å². The van der Waals surface area contributed by atoms with Gasteiger partial charge < -0.3 is 11.1 Å². The molecule has 2 atom stereocenters. The number of quaternary nitrogens is 1. The fourth-order valence-electron chi connectivity index (χ4n) is 2.18. The second-order valence-electron chi connectivity index (χ2n) is 4.97. The van der Waals surface area contributed by atoms with Gasteiger partial charge in [-0.3, -0.25) is 4.79 Å². The van der Waals surface area contributed by atoms with Crippen LogP contribution in [0, 0.1) is 0 Å². The predicted octanol–water partition coefficient (Wildman–Crippen LogP) is 1.84. The quantitative estimate of drug-likeness (QED) is 0.837. The van der Waals surface area contributed by atoms with Gasteiger partial charge >= 0.3 is 0 Å². The van der Waals surface area contributed by atoms with Crippen LogP contribution in [0.15, 0.2) is 41.8 Å². The lowest BCUT2D eigenvalue weighted by Crippen LogP contribution is -2.92. The molecule has 0 saturated carbocycles. The maximum Gasteiger partial charge on any atom is 0.275 e. The number of primary amides is 1. The van der Waals surface area contributed by atoms with E-state index < -0.39 is 0 Å². The normalized spacial score (nSPS) is 13.9. The van der Waals surface area contributed by atoms with Crippen LogP contribution in [0.25, 0.3) is 0 Å². The third-order valence-electron chi connectivity index (χ3n) is 3.53. The molecule has 0 aliphatic heterocycles. The zero-order valence-electron chi connectivity index (χ0n) is 11.9. The third kappa shape index (κ3) is 3.46. The molecular weight excluding hydrogens is 268 g/mol. The summed E-state index contributed by atoms with van der Waals surface area (Å²) in [5.74, 6) is -0.281. The van der Waals surface area contributed by atoms with Gasteiger partial charge in [-0.1, -0.05) is 37.3 Å². The largest absolute Gasteiger partial charge is 0.365 e. The maximum atomic E-state index is 11.3. The van der Waals surface area contributed by atoms with E-state index >= 15 is 0 Å². The Balaban J connectivity index is 2.28. The second kappa shape index (κ2) is 6.68. The van der Waals surface area contributed by atoms with Crippen molar-refractivity contribution in [2.45, 2.75) is 32.4 Å². The number of carbonyl (C=O) groups is 1. The second-order valence-corrected chi connectivity index (χ2v) is 5.95. The zero-order valence-corrected chi connectivity index (χ0v) is 12.7. The van der Waals surface area contributed by atoms with Gasteiger partial charge in [0.05, 0.1) is 4.88 Å². The Hall–Kier alpha value is -1.65. The molecule has 0 fully saturated rings. The molecule has 0 bridgehead atoms. The summed E-state index contributed by atoms with van der Waals surface area (Å²) in [6.07, 6.45) is 1.03. The lowest BCUT2D eigenvalue weighted by molar-refractivity contribution is -0.704. The summed E-state index contributed by atoms with van der Waals surface area (Å²) in [4.78, 5) is 12.6. The van der Waals surface area contributed by atoms with Gasteiger partial charge in [-0.2, -0.15) is 0 Å². The highest BCUT2D eigenvalue weighted by Gasteiger charge is 2.23. The van der Waals surface area contributed by atoms with Crippen LogP contribution in [0.3, 0.4) is 0 Å². The average Bonchev–Trinajstić information content (AvgIpc) is 2.98. The molecule has 1 aromatic carbocycles. The minimum atomic E-state index is -0.281. The summed E-state index contributed by atoms with van der Waals surface area (Å²) in [6.45, 7) is 4.00. The number of rotatable bonds is 6. The van der Waals surface area contributed by atoms with Crippen molar-refractivity contribution in [2.24, 2.45) is 5.73 Å². The van der Waals surface area contributed by atoms with E-state index in [-0.39, 0.29) is 18.0 Å². The average molecular weight is 289 g/mol. The molecule has 0 unspecified atom stereocenters. The maximum absolute atomic E-state index is 11.3. The molecule has 2 aromatic rings. The van der Waals surface area contributed by atoms with Crippen LogP contribution in [-0.2, 0) is 11.2 Å². The first-order valence-corrected chi connectivity index (χ1v) is 7.76. The molecule has 1 amide bonds. The van der Waals surface area contributed by atoms with E-state index in [2.05, 4.69) is 42.6 Å². The van der Waals surface area contributed by atoms with Gasteiger partial charge in [0.2, 0.25) is 0 Å². The van der Waals surface area contributed by atoms with Crippen LogP contribution >= 0.6 is 11.3 Å². The van der Waals surface area contributed by atoms with Crippen molar-refractivity contribution in [1.29, 1.82) is 0 Å². The lowest BCUT2D eigenvalue weighted by atomic mass is 10.0. The number of amides is 1. The molecule has 1 aromatic heterocycles. The Labute approximate surface area is 123 Å². The molecule has 2 rings (SSSR count). The first-order valence-electron chi connectivity index (χ1n) is 6.88. The van der Waals surface area contributed by atoms with Crippen molar-refractivity contribution in [3.63, 3.8) is 0 Å². The topological polar surface area (TPSA) is 59.7 Å². The minimum Gasteiger partial charge on any atom is -0.365 e. The van der Waals surface area contributed by atoms with Crippen molar-refractivity contribution >= 4 is 17.2 Å². The predicted molar refractivity (Wildman–Crippen MR) is 82.6 cm³/mol. The van der Waals surface area contributed by atoms with Gasteiger partial charge in [0.15, 0.2) is 6.04 Å². The SMILES string of the molecule is CCc1ccc([C@@H]([NH2+][C@H](C)C(N)=O)c2cccs2)cc1. The number of aryl methyl sites for hydroxylation is 1. The number of thiophene rings is 1. The number of hydrogen-bond donors (Lipinski definition) is 2. The summed E-state index contributed by atoms with van der Waals surface area (Å²) in [6, 6.07) is 12.6. The first-order chi connectivity index (χ1) is 9.61. The molecule has 4 N–H and O–H groups in total. The van der Waals surface area contributed by atoms with E-state index in [9.17, 15) is 4.79 Å². The van der Waals surface area contributed by atoms with Crippen LogP contribution in [0.5, 0.6) is 0 Å². The van der Waals surface area contributed by atoms with Crippen molar-refractivity contribution in [2.75, 3.05) is 0 Å². The monoisotopic (exact) mass is 289 g/mol. The number of nitrogens with two attached hydrogens (primary N) is 2. The Bertz CT molecular complexity index is 548. The van der Waals surface area contributed by atoms with Gasteiger partial charge in [0, 0.05) is 5.56 Å². The molecule has 0 saturated heterocycles. The van der Waals surface area contributed by atoms with E-state index in [4.69, 9.17) is 5.73 Å².